The Bertz CT molecular complexity index is 623. The minimum Gasteiger partial charge on any atom is -0.481 e. The van der Waals surface area contributed by atoms with Crippen molar-refractivity contribution in [2.75, 3.05) is 13.1 Å². The van der Waals surface area contributed by atoms with E-state index in [1.54, 1.807) is 12.1 Å². The van der Waals surface area contributed by atoms with E-state index >= 15 is 0 Å². The molecule has 27 heavy (non-hydrogen) atoms. The number of hydrogen-bond acceptors (Lipinski definition) is 2. The molecule has 2 fully saturated rings. The summed E-state index contributed by atoms with van der Waals surface area (Å²) >= 11 is 0. The third-order valence-electron chi connectivity index (χ3n) is 6.13. The van der Waals surface area contributed by atoms with Crippen molar-refractivity contribution in [3.8, 4) is 0 Å². The first-order valence-electron chi connectivity index (χ1n) is 9.96. The minimum absolute atomic E-state index is 0.00677. The molecule has 1 aliphatic heterocycles. The molecule has 2 aliphatic rings. The second kappa shape index (κ2) is 8.63. The summed E-state index contributed by atoms with van der Waals surface area (Å²) in [4.78, 5) is 13.5. The molecular formula is C21H28F3NO2. The van der Waals surface area contributed by atoms with Crippen LogP contribution in [0.25, 0.3) is 0 Å². The number of hydrogen-bond donors (Lipinski definition) is 1. The number of rotatable bonds is 5. The van der Waals surface area contributed by atoms with E-state index in [0.717, 1.165) is 37.2 Å². The minimum atomic E-state index is -4.33. The van der Waals surface area contributed by atoms with Gasteiger partial charge in [0.15, 0.2) is 0 Å². The normalized spacial score (nSPS) is 25.4. The average molecular weight is 383 g/mol. The molecule has 150 valence electrons. The van der Waals surface area contributed by atoms with Crippen molar-refractivity contribution >= 4 is 5.97 Å². The van der Waals surface area contributed by atoms with Gasteiger partial charge >= 0.3 is 12.1 Å². The third-order valence-corrected chi connectivity index (χ3v) is 6.13. The molecule has 0 radical (unpaired) electrons. The predicted octanol–water partition coefficient (Wildman–Crippen LogP) is 5.51. The molecule has 1 heterocycles. The molecular weight excluding hydrogens is 355 g/mol. The highest BCUT2D eigenvalue weighted by atomic mass is 19.4. The lowest BCUT2D eigenvalue weighted by Crippen LogP contribution is -2.40. The Hall–Kier alpha value is -1.56. The number of aliphatic carboxylic acids is 1. The van der Waals surface area contributed by atoms with Gasteiger partial charge in [-0.2, -0.15) is 13.2 Å². The van der Waals surface area contributed by atoms with Gasteiger partial charge in [0.2, 0.25) is 0 Å². The second-order valence-electron chi connectivity index (χ2n) is 8.12. The van der Waals surface area contributed by atoms with Gasteiger partial charge in [0.25, 0.3) is 0 Å². The van der Waals surface area contributed by atoms with Crippen LogP contribution < -0.4 is 0 Å². The van der Waals surface area contributed by atoms with Gasteiger partial charge in [0.05, 0.1) is 5.56 Å². The van der Waals surface area contributed by atoms with E-state index in [-0.39, 0.29) is 18.4 Å². The highest BCUT2D eigenvalue weighted by Gasteiger charge is 2.34. The summed E-state index contributed by atoms with van der Waals surface area (Å²) in [5, 5.41) is 9.14. The summed E-state index contributed by atoms with van der Waals surface area (Å²) in [6.07, 6.45) is 3.58. The van der Waals surface area contributed by atoms with E-state index in [1.165, 1.54) is 32.1 Å². The molecule has 0 amide bonds. The third kappa shape index (κ3) is 5.47. The summed E-state index contributed by atoms with van der Waals surface area (Å²) in [6, 6.07) is 5.45. The monoisotopic (exact) mass is 383 g/mol. The number of alkyl halides is 3. The zero-order chi connectivity index (χ0) is 19.4. The molecule has 1 N–H and O–H groups in total. The number of benzene rings is 1. The zero-order valence-corrected chi connectivity index (χ0v) is 15.5. The fourth-order valence-corrected chi connectivity index (χ4v) is 4.68. The van der Waals surface area contributed by atoms with Crippen LogP contribution >= 0.6 is 0 Å². The van der Waals surface area contributed by atoms with E-state index in [9.17, 15) is 18.0 Å². The number of carboxylic acid groups (broad SMARTS) is 1. The Morgan fingerprint density at radius 2 is 1.70 bits per heavy atom. The maximum Gasteiger partial charge on any atom is 0.416 e. The summed E-state index contributed by atoms with van der Waals surface area (Å²) in [7, 11) is 0. The van der Waals surface area contributed by atoms with E-state index in [0.29, 0.717) is 12.3 Å². The molecule has 1 saturated carbocycles. The molecule has 0 aromatic heterocycles. The Labute approximate surface area is 158 Å². The number of nitrogens with zero attached hydrogens (tertiary/aromatic N) is 1. The molecule has 6 heteroatoms. The van der Waals surface area contributed by atoms with Crippen molar-refractivity contribution < 1.29 is 23.1 Å². The first-order valence-corrected chi connectivity index (χ1v) is 9.96. The zero-order valence-electron chi connectivity index (χ0n) is 15.5. The standard InChI is InChI=1S/C21H28F3NO2/c22-21(23,24)18-8-6-17(7-9-18)19-12-16(13-20(26)27)10-11-25(19)14-15-4-2-1-3-5-15/h6-9,15-16,19H,1-5,10-14H2,(H,26,27)/t16-,19+/m1/s1. The van der Waals surface area contributed by atoms with Gasteiger partial charge in [-0.25, -0.2) is 0 Å². The van der Waals surface area contributed by atoms with Crippen molar-refractivity contribution in [2.24, 2.45) is 11.8 Å². The lowest BCUT2D eigenvalue weighted by molar-refractivity contribution is -0.139. The smallest absolute Gasteiger partial charge is 0.416 e. The van der Waals surface area contributed by atoms with Crippen LogP contribution in [0.2, 0.25) is 0 Å². The van der Waals surface area contributed by atoms with Crippen LogP contribution in [0.15, 0.2) is 24.3 Å². The summed E-state index contributed by atoms with van der Waals surface area (Å²) in [5.74, 6) is -0.0731. The fraction of sp³-hybridized carbons (Fsp3) is 0.667. The van der Waals surface area contributed by atoms with Crippen molar-refractivity contribution in [1.82, 2.24) is 4.90 Å². The number of carbonyl (C=O) groups is 1. The average Bonchev–Trinajstić information content (AvgIpc) is 2.63. The molecule has 0 unspecified atom stereocenters. The van der Waals surface area contributed by atoms with E-state index in [4.69, 9.17) is 5.11 Å². The Kier molecular flexibility index (Phi) is 6.45. The summed E-state index contributed by atoms with van der Waals surface area (Å²) in [6.45, 7) is 1.78. The van der Waals surface area contributed by atoms with Gasteiger partial charge in [0, 0.05) is 19.0 Å². The highest BCUT2D eigenvalue weighted by molar-refractivity contribution is 5.67. The Morgan fingerprint density at radius 3 is 2.30 bits per heavy atom. The van der Waals surface area contributed by atoms with Crippen molar-refractivity contribution in [2.45, 2.75) is 63.6 Å². The molecule has 2 atom stereocenters. The first-order chi connectivity index (χ1) is 12.8. The number of carboxylic acids is 1. The number of halogens is 3. The molecule has 0 spiro atoms. The van der Waals surface area contributed by atoms with Gasteiger partial charge in [-0.15, -0.1) is 0 Å². The molecule has 3 nitrogen and oxygen atoms in total. The SMILES string of the molecule is O=C(O)C[C@@H]1CCN(CC2CCCCC2)[C@H](c2ccc(C(F)(F)F)cc2)C1. The van der Waals surface area contributed by atoms with Gasteiger partial charge in [-0.3, -0.25) is 9.69 Å². The summed E-state index contributed by atoms with van der Waals surface area (Å²) in [5.41, 5.74) is 0.233. The van der Waals surface area contributed by atoms with Crippen molar-refractivity contribution in [3.05, 3.63) is 35.4 Å². The molecule has 1 aromatic rings. The fourth-order valence-electron chi connectivity index (χ4n) is 4.68. The first kappa shape index (κ1) is 20.2. The van der Waals surface area contributed by atoms with E-state index < -0.39 is 17.7 Å². The second-order valence-corrected chi connectivity index (χ2v) is 8.12. The van der Waals surface area contributed by atoms with Crippen LogP contribution in [0.3, 0.4) is 0 Å². The number of piperidine rings is 1. The highest BCUT2D eigenvalue weighted by Crippen LogP contribution is 2.39. The lowest BCUT2D eigenvalue weighted by atomic mass is 9.83. The van der Waals surface area contributed by atoms with Gasteiger partial charge < -0.3 is 5.11 Å². The largest absolute Gasteiger partial charge is 0.481 e. The molecule has 1 aromatic carbocycles. The van der Waals surface area contributed by atoms with Crippen molar-refractivity contribution in [1.29, 1.82) is 0 Å². The van der Waals surface area contributed by atoms with Gasteiger partial charge in [-0.05, 0) is 61.8 Å². The Morgan fingerprint density at radius 1 is 1.04 bits per heavy atom. The van der Waals surface area contributed by atoms with Crippen LogP contribution in [-0.2, 0) is 11.0 Å². The van der Waals surface area contributed by atoms with Crippen LogP contribution in [0.4, 0.5) is 13.2 Å². The van der Waals surface area contributed by atoms with E-state index in [1.807, 2.05) is 0 Å². The summed E-state index contributed by atoms with van der Waals surface area (Å²) < 4.78 is 38.6. The van der Waals surface area contributed by atoms with Crippen LogP contribution in [-0.4, -0.2) is 29.1 Å². The maximum atomic E-state index is 12.9. The van der Waals surface area contributed by atoms with Gasteiger partial charge in [-0.1, -0.05) is 31.4 Å². The van der Waals surface area contributed by atoms with Gasteiger partial charge in [0.1, 0.15) is 0 Å². The topological polar surface area (TPSA) is 40.5 Å². The lowest BCUT2D eigenvalue weighted by Gasteiger charge is -2.42. The predicted molar refractivity (Wildman–Crippen MR) is 97.3 cm³/mol. The van der Waals surface area contributed by atoms with Crippen LogP contribution in [0.5, 0.6) is 0 Å². The molecule has 1 aliphatic carbocycles. The van der Waals surface area contributed by atoms with E-state index in [2.05, 4.69) is 4.90 Å². The van der Waals surface area contributed by atoms with Crippen LogP contribution in [0, 0.1) is 11.8 Å². The maximum absolute atomic E-state index is 12.9. The quantitative estimate of drug-likeness (QED) is 0.728. The van der Waals surface area contributed by atoms with Crippen LogP contribution in [0.1, 0.15) is 68.5 Å². The van der Waals surface area contributed by atoms with Crippen molar-refractivity contribution in [3.63, 3.8) is 0 Å². The number of likely N-dealkylation sites (tertiary alicyclic amines) is 1. The Balaban J connectivity index is 1.76. The molecule has 1 saturated heterocycles. The molecule has 0 bridgehead atoms. The molecule has 3 rings (SSSR count).